The number of carbonyl (C=O) groups is 3. The molecule has 3 N–H and O–H groups in total. The molecule has 0 heterocycles. The minimum Gasteiger partial charge on any atom is -0.393 e. The molecule has 0 rings (SSSR count). The molecule has 0 saturated heterocycles. The van der Waals surface area contributed by atoms with E-state index in [4.69, 9.17) is 0 Å². The third-order valence-corrected chi connectivity index (χ3v) is 13.1. The van der Waals surface area contributed by atoms with Crippen molar-refractivity contribution < 1.29 is 29.7 Å². The zero-order valence-corrected chi connectivity index (χ0v) is 39.9. The lowest BCUT2D eigenvalue weighted by Gasteiger charge is -2.39. The fourth-order valence-corrected chi connectivity index (χ4v) is 8.85. The summed E-state index contributed by atoms with van der Waals surface area (Å²) in [5, 5.41) is 34.0. The van der Waals surface area contributed by atoms with E-state index in [0.29, 0.717) is 19.3 Å². The number of carbonyl (C=O) groups excluding carboxylic acids is 3. The van der Waals surface area contributed by atoms with Gasteiger partial charge in [0.05, 0.1) is 6.61 Å². The second kappa shape index (κ2) is 42.2. The van der Waals surface area contributed by atoms with E-state index < -0.39 is 35.2 Å². The van der Waals surface area contributed by atoms with Crippen molar-refractivity contribution >= 4 is 17.3 Å². The highest BCUT2D eigenvalue weighted by Crippen LogP contribution is 2.32. The topological polar surface area (TPSA) is 112 Å². The number of hydrogen-bond acceptors (Lipinski definition) is 6. The van der Waals surface area contributed by atoms with Gasteiger partial charge in [0, 0.05) is 19.3 Å². The lowest BCUT2D eigenvalue weighted by Crippen LogP contribution is -2.69. The van der Waals surface area contributed by atoms with Crippen molar-refractivity contribution in [3.63, 3.8) is 0 Å². The Hall–Kier alpha value is -1.11. The van der Waals surface area contributed by atoms with Gasteiger partial charge in [0.15, 0.2) is 23.0 Å². The molecular weight excluding hydrogens is 733 g/mol. The van der Waals surface area contributed by atoms with E-state index in [1.807, 2.05) is 0 Å². The van der Waals surface area contributed by atoms with Crippen molar-refractivity contribution in [1.29, 1.82) is 0 Å². The zero-order valence-electron chi connectivity index (χ0n) is 39.9. The maximum Gasteiger partial charge on any atom is 0.219 e. The summed E-state index contributed by atoms with van der Waals surface area (Å²) < 4.78 is 0. The SMILES string of the molecule is CCCCCCCCCCCCCCCCCC(=O)C(O)(CO)C(O)(C(=O)CCCCCCCCCCCCC)C(=O)CCCCCCCCCCCCCCCCC. The van der Waals surface area contributed by atoms with Crippen LogP contribution in [0.2, 0.25) is 0 Å². The molecule has 0 aliphatic carbocycles. The average molecular weight is 835 g/mol. The number of aliphatic hydroxyl groups is 3. The maximum atomic E-state index is 13.8. The van der Waals surface area contributed by atoms with Gasteiger partial charge in [0.25, 0.3) is 0 Å². The van der Waals surface area contributed by atoms with Gasteiger partial charge in [0.1, 0.15) is 0 Å². The highest BCUT2D eigenvalue weighted by Gasteiger charge is 2.62. The molecule has 59 heavy (non-hydrogen) atoms. The Balaban J connectivity index is 4.87. The van der Waals surface area contributed by atoms with Crippen LogP contribution in [0.15, 0.2) is 0 Å². The van der Waals surface area contributed by atoms with Crippen LogP contribution in [0.1, 0.15) is 303 Å². The quantitative estimate of drug-likeness (QED) is 0.0416. The van der Waals surface area contributed by atoms with Crippen LogP contribution >= 0.6 is 0 Å². The molecule has 0 aromatic heterocycles. The monoisotopic (exact) mass is 835 g/mol. The van der Waals surface area contributed by atoms with E-state index in [2.05, 4.69) is 20.8 Å². The largest absolute Gasteiger partial charge is 0.393 e. The predicted molar refractivity (Wildman–Crippen MR) is 252 cm³/mol. The standard InChI is InChI=1S/C53H102O6/c1-4-7-10-13-16-19-22-24-26-28-31-33-36-39-42-45-49(55)52(58,48-54)53(59,50(56)46-43-40-37-34-30-21-18-15-12-9-6-3)51(57)47-44-41-38-35-32-29-27-25-23-20-17-14-11-8-5-2/h54,58-59H,4-48H2,1-3H3. The van der Waals surface area contributed by atoms with Crippen LogP contribution in [0.25, 0.3) is 0 Å². The third-order valence-electron chi connectivity index (χ3n) is 13.1. The molecule has 0 aliphatic heterocycles. The van der Waals surface area contributed by atoms with E-state index in [1.54, 1.807) is 0 Å². The van der Waals surface area contributed by atoms with E-state index in [0.717, 1.165) is 57.8 Å². The molecule has 0 amide bonds. The first kappa shape index (κ1) is 57.9. The molecule has 0 aliphatic rings. The van der Waals surface area contributed by atoms with Crippen molar-refractivity contribution in [1.82, 2.24) is 0 Å². The van der Waals surface area contributed by atoms with Crippen LogP contribution in [0.4, 0.5) is 0 Å². The van der Waals surface area contributed by atoms with Gasteiger partial charge in [-0.2, -0.15) is 0 Å². The molecule has 0 fully saturated rings. The van der Waals surface area contributed by atoms with Crippen molar-refractivity contribution in [3.05, 3.63) is 0 Å². The number of hydrogen-bond donors (Lipinski definition) is 3. The van der Waals surface area contributed by atoms with Crippen LogP contribution in [0.5, 0.6) is 0 Å². The molecule has 0 radical (unpaired) electrons. The first-order valence-corrected chi connectivity index (χ1v) is 26.4. The summed E-state index contributed by atoms with van der Waals surface area (Å²) in [6, 6.07) is 0. The van der Waals surface area contributed by atoms with E-state index in [1.165, 1.54) is 186 Å². The summed E-state index contributed by atoms with van der Waals surface area (Å²) in [5.74, 6) is -2.43. The molecule has 0 saturated carbocycles. The maximum absolute atomic E-state index is 13.8. The van der Waals surface area contributed by atoms with Gasteiger partial charge in [-0.15, -0.1) is 0 Å². The molecule has 2 unspecified atom stereocenters. The molecule has 0 aromatic carbocycles. The van der Waals surface area contributed by atoms with Gasteiger partial charge in [-0.25, -0.2) is 0 Å². The Morgan fingerprint density at radius 1 is 0.288 bits per heavy atom. The minimum atomic E-state index is -2.91. The van der Waals surface area contributed by atoms with Gasteiger partial charge in [-0.3, -0.25) is 14.4 Å². The number of aliphatic hydroxyl groups excluding tert-OH is 1. The smallest absolute Gasteiger partial charge is 0.219 e. The Labute approximate surface area is 367 Å². The Bertz CT molecular complexity index is 950. The van der Waals surface area contributed by atoms with Gasteiger partial charge in [-0.1, -0.05) is 265 Å². The summed E-state index contributed by atoms with van der Waals surface area (Å²) in [5.41, 5.74) is -5.73. The molecule has 6 heteroatoms. The first-order valence-electron chi connectivity index (χ1n) is 26.4. The van der Waals surface area contributed by atoms with Crippen LogP contribution in [-0.4, -0.2) is 50.5 Å². The van der Waals surface area contributed by atoms with E-state index >= 15 is 0 Å². The van der Waals surface area contributed by atoms with Gasteiger partial charge >= 0.3 is 0 Å². The molecule has 0 aromatic rings. The summed E-state index contributed by atoms with van der Waals surface area (Å²) in [6.07, 6.45) is 47.4. The fraction of sp³-hybridized carbons (Fsp3) is 0.943. The molecule has 6 nitrogen and oxygen atoms in total. The second-order valence-electron chi connectivity index (χ2n) is 18.7. The van der Waals surface area contributed by atoms with E-state index in [-0.39, 0.29) is 19.3 Å². The van der Waals surface area contributed by atoms with Crippen LogP contribution in [0, 0.1) is 0 Å². The van der Waals surface area contributed by atoms with Gasteiger partial charge in [0.2, 0.25) is 5.60 Å². The molecular formula is C53H102O6. The average Bonchev–Trinajstić information content (AvgIpc) is 3.24. The van der Waals surface area contributed by atoms with E-state index in [9.17, 15) is 29.7 Å². The fourth-order valence-electron chi connectivity index (χ4n) is 8.85. The number of ketones is 3. The Morgan fingerprint density at radius 2 is 0.458 bits per heavy atom. The van der Waals surface area contributed by atoms with Crippen LogP contribution in [-0.2, 0) is 14.4 Å². The molecule has 0 bridgehead atoms. The minimum absolute atomic E-state index is 0.0738. The van der Waals surface area contributed by atoms with Gasteiger partial charge in [-0.05, 0) is 19.3 Å². The number of rotatable bonds is 49. The normalized spacial score (nSPS) is 13.7. The van der Waals surface area contributed by atoms with Crippen molar-refractivity contribution in [2.45, 2.75) is 314 Å². The summed E-state index contributed by atoms with van der Waals surface area (Å²) >= 11 is 0. The van der Waals surface area contributed by atoms with Crippen molar-refractivity contribution in [2.75, 3.05) is 6.61 Å². The Kier molecular flexibility index (Phi) is 41.4. The summed E-state index contributed by atoms with van der Waals surface area (Å²) in [6.45, 7) is 5.60. The highest BCUT2D eigenvalue weighted by molar-refractivity contribution is 6.16. The zero-order chi connectivity index (χ0) is 43.6. The summed E-state index contributed by atoms with van der Waals surface area (Å²) in [7, 11) is 0. The first-order chi connectivity index (χ1) is 28.8. The lowest BCUT2D eigenvalue weighted by atomic mass is 9.71. The van der Waals surface area contributed by atoms with Crippen LogP contribution in [0.3, 0.4) is 0 Å². The van der Waals surface area contributed by atoms with Crippen LogP contribution < -0.4 is 0 Å². The van der Waals surface area contributed by atoms with Crippen molar-refractivity contribution in [3.8, 4) is 0 Å². The van der Waals surface area contributed by atoms with Gasteiger partial charge < -0.3 is 15.3 Å². The number of Topliss-reactive ketones (excluding diaryl/α,β-unsaturated/α-hetero) is 3. The molecule has 350 valence electrons. The second-order valence-corrected chi connectivity index (χ2v) is 18.7. The van der Waals surface area contributed by atoms with Crippen molar-refractivity contribution in [2.24, 2.45) is 0 Å². The highest BCUT2D eigenvalue weighted by atomic mass is 16.4. The lowest BCUT2D eigenvalue weighted by molar-refractivity contribution is -0.194. The third kappa shape index (κ3) is 29.8. The Morgan fingerprint density at radius 3 is 0.644 bits per heavy atom. The number of unbranched alkanes of at least 4 members (excludes halogenated alkanes) is 38. The molecule has 2 atom stereocenters. The predicted octanol–water partition coefficient (Wildman–Crippen LogP) is 15.4. The molecule has 0 spiro atoms. The summed E-state index contributed by atoms with van der Waals surface area (Å²) in [4.78, 5) is 41.1.